The number of hydrogen-bond acceptors (Lipinski definition) is 4. The zero-order valence-electron chi connectivity index (χ0n) is 16.2. The lowest BCUT2D eigenvalue weighted by Crippen LogP contribution is -2.43. The van der Waals surface area contributed by atoms with Gasteiger partial charge >= 0.3 is 0 Å². The number of rotatable bonds is 7. The Morgan fingerprint density at radius 3 is 2.61 bits per heavy atom. The summed E-state index contributed by atoms with van der Waals surface area (Å²) in [7, 11) is 0. The number of fused-ring (bicyclic) bond motifs is 5. The van der Waals surface area contributed by atoms with E-state index in [0.29, 0.717) is 25.6 Å². The van der Waals surface area contributed by atoms with Crippen LogP contribution < -0.4 is 10.6 Å². The molecule has 2 aliphatic carbocycles. The van der Waals surface area contributed by atoms with Crippen LogP contribution in [0.1, 0.15) is 18.9 Å². The maximum absolute atomic E-state index is 12.7. The molecule has 7 heteroatoms. The summed E-state index contributed by atoms with van der Waals surface area (Å²) >= 11 is 0. The molecule has 2 fully saturated rings. The molecule has 28 heavy (non-hydrogen) atoms. The van der Waals surface area contributed by atoms with Crippen molar-refractivity contribution in [2.24, 2.45) is 28.7 Å². The van der Waals surface area contributed by atoms with Crippen molar-refractivity contribution in [1.29, 1.82) is 0 Å². The number of imide groups is 1. The van der Waals surface area contributed by atoms with Gasteiger partial charge in [-0.15, -0.1) is 0 Å². The van der Waals surface area contributed by atoms with Crippen LogP contribution in [0.5, 0.6) is 0 Å². The molecule has 7 nitrogen and oxygen atoms in total. The number of allylic oxidation sites excluding steroid dienone is 2. The molecule has 1 saturated heterocycles. The van der Waals surface area contributed by atoms with E-state index in [1.807, 2.05) is 25.3 Å². The second-order valence-corrected chi connectivity index (χ2v) is 7.63. The number of guanidine groups is 1. The summed E-state index contributed by atoms with van der Waals surface area (Å²) in [5, 5.41) is 6.45. The van der Waals surface area contributed by atoms with E-state index in [1.165, 1.54) is 4.90 Å². The van der Waals surface area contributed by atoms with Gasteiger partial charge in [-0.2, -0.15) is 0 Å². The third-order valence-corrected chi connectivity index (χ3v) is 5.93. The van der Waals surface area contributed by atoms with Crippen LogP contribution in [0.25, 0.3) is 0 Å². The number of nitrogens with one attached hydrogen (secondary N) is 2. The second-order valence-electron chi connectivity index (χ2n) is 7.63. The Labute approximate surface area is 165 Å². The van der Waals surface area contributed by atoms with Crippen molar-refractivity contribution in [3.8, 4) is 0 Å². The van der Waals surface area contributed by atoms with Crippen molar-refractivity contribution in [2.45, 2.75) is 19.8 Å². The third-order valence-electron chi connectivity index (χ3n) is 5.93. The Balaban J connectivity index is 1.28. The van der Waals surface area contributed by atoms with Gasteiger partial charge in [-0.3, -0.25) is 24.5 Å². The summed E-state index contributed by atoms with van der Waals surface area (Å²) < 4.78 is 0. The fourth-order valence-corrected chi connectivity index (χ4v) is 4.66. The Kier molecular flexibility index (Phi) is 5.41. The molecule has 2 bridgehead atoms. The predicted octanol–water partition coefficient (Wildman–Crippen LogP) is 0.986. The molecule has 4 atom stereocenters. The van der Waals surface area contributed by atoms with Crippen LogP contribution in [0, 0.1) is 23.7 Å². The van der Waals surface area contributed by atoms with Crippen LogP contribution in [0.15, 0.2) is 41.7 Å². The zero-order chi connectivity index (χ0) is 19.5. The first kappa shape index (κ1) is 18.7. The lowest BCUT2D eigenvalue weighted by molar-refractivity contribution is -0.140. The van der Waals surface area contributed by atoms with Crippen LogP contribution in [0.4, 0.5) is 0 Å². The zero-order valence-corrected chi connectivity index (χ0v) is 16.2. The quantitative estimate of drug-likeness (QED) is 0.318. The maximum Gasteiger partial charge on any atom is 0.233 e. The topological polar surface area (TPSA) is 86.7 Å². The highest BCUT2D eigenvalue weighted by Crippen LogP contribution is 2.52. The molecular weight excluding hydrogens is 354 g/mol. The minimum atomic E-state index is -0.121. The average Bonchev–Trinajstić information content (AvgIpc) is 3.38. The van der Waals surface area contributed by atoms with E-state index in [2.05, 4.69) is 32.8 Å². The van der Waals surface area contributed by atoms with E-state index in [4.69, 9.17) is 0 Å². The summed E-state index contributed by atoms with van der Waals surface area (Å²) in [6.45, 7) is 4.28. The molecule has 1 aromatic heterocycles. The lowest BCUT2D eigenvalue weighted by Gasteiger charge is -2.18. The van der Waals surface area contributed by atoms with Crippen molar-refractivity contribution >= 4 is 17.8 Å². The van der Waals surface area contributed by atoms with E-state index in [-0.39, 0.29) is 35.5 Å². The van der Waals surface area contributed by atoms with Crippen LogP contribution in [-0.2, 0) is 16.0 Å². The average molecular weight is 381 g/mol. The first-order valence-corrected chi connectivity index (χ1v) is 10.1. The molecule has 1 aliphatic heterocycles. The van der Waals surface area contributed by atoms with Gasteiger partial charge in [0.15, 0.2) is 5.96 Å². The van der Waals surface area contributed by atoms with Gasteiger partial charge in [0, 0.05) is 38.6 Å². The molecule has 2 N–H and O–H groups in total. The standard InChI is InChI=1S/C21H27N5O2/c1-2-23-21(24-9-7-14-4-3-8-22-13-14)25-10-11-26-19(27)17-15-5-6-16(12-15)18(17)20(26)28/h3-6,8,13,15-18H,2,7,9-12H2,1H3,(H2,23,24,25). The molecule has 0 radical (unpaired) electrons. The summed E-state index contributed by atoms with van der Waals surface area (Å²) in [6.07, 6.45) is 9.63. The van der Waals surface area contributed by atoms with Gasteiger partial charge in [-0.25, -0.2) is 0 Å². The van der Waals surface area contributed by atoms with E-state index in [1.54, 1.807) is 6.20 Å². The van der Waals surface area contributed by atoms with Crippen LogP contribution in [0.3, 0.4) is 0 Å². The normalized spacial score (nSPS) is 28.2. The van der Waals surface area contributed by atoms with E-state index in [9.17, 15) is 9.59 Å². The Morgan fingerprint density at radius 1 is 1.21 bits per heavy atom. The number of amides is 2. The van der Waals surface area contributed by atoms with E-state index in [0.717, 1.165) is 24.9 Å². The molecule has 0 spiro atoms. The fourth-order valence-electron chi connectivity index (χ4n) is 4.66. The van der Waals surface area contributed by atoms with Crippen molar-refractivity contribution in [3.63, 3.8) is 0 Å². The van der Waals surface area contributed by atoms with Gasteiger partial charge in [0.2, 0.25) is 11.8 Å². The van der Waals surface area contributed by atoms with E-state index >= 15 is 0 Å². The smallest absolute Gasteiger partial charge is 0.233 e. The van der Waals surface area contributed by atoms with Gasteiger partial charge in [0.1, 0.15) is 0 Å². The Morgan fingerprint density at radius 2 is 1.96 bits per heavy atom. The van der Waals surface area contributed by atoms with Gasteiger partial charge in [0.25, 0.3) is 0 Å². The summed E-state index contributed by atoms with van der Waals surface area (Å²) in [6, 6.07) is 3.95. The largest absolute Gasteiger partial charge is 0.357 e. The second kappa shape index (κ2) is 8.12. The van der Waals surface area contributed by atoms with Gasteiger partial charge in [-0.1, -0.05) is 18.2 Å². The molecule has 3 aliphatic rings. The number of aliphatic imine (C=N–C) groups is 1. The first-order chi connectivity index (χ1) is 13.7. The summed E-state index contributed by atoms with van der Waals surface area (Å²) in [5.74, 6) is 0.992. The first-order valence-electron chi connectivity index (χ1n) is 10.1. The number of likely N-dealkylation sites (tertiary alicyclic amines) is 1. The highest BCUT2D eigenvalue weighted by molar-refractivity contribution is 6.06. The molecule has 1 saturated carbocycles. The molecular formula is C21H27N5O2. The number of carbonyl (C=O) groups excluding carboxylic acids is 2. The van der Waals surface area contributed by atoms with Crippen molar-refractivity contribution in [1.82, 2.24) is 20.5 Å². The van der Waals surface area contributed by atoms with Gasteiger partial charge < -0.3 is 10.6 Å². The number of hydrogen-bond donors (Lipinski definition) is 2. The van der Waals surface area contributed by atoms with Crippen LogP contribution in [0.2, 0.25) is 0 Å². The van der Waals surface area contributed by atoms with Crippen molar-refractivity contribution in [2.75, 3.05) is 26.2 Å². The van der Waals surface area contributed by atoms with Crippen LogP contribution in [-0.4, -0.2) is 53.8 Å². The maximum atomic E-state index is 12.7. The molecule has 2 amide bonds. The summed E-state index contributed by atoms with van der Waals surface area (Å²) in [5.41, 5.74) is 1.14. The minimum Gasteiger partial charge on any atom is -0.357 e. The fraction of sp³-hybridized carbons (Fsp3) is 0.524. The Hall–Kier alpha value is -2.70. The molecule has 2 heterocycles. The minimum absolute atomic E-state index is 0.00664. The highest BCUT2D eigenvalue weighted by atomic mass is 16.2. The molecule has 0 aromatic carbocycles. The lowest BCUT2D eigenvalue weighted by atomic mass is 9.85. The molecule has 148 valence electrons. The Bertz CT molecular complexity index is 761. The molecule has 4 rings (SSSR count). The third kappa shape index (κ3) is 3.53. The number of aromatic nitrogens is 1. The number of carbonyl (C=O) groups is 2. The predicted molar refractivity (Wildman–Crippen MR) is 106 cm³/mol. The van der Waals surface area contributed by atoms with Crippen molar-refractivity contribution < 1.29 is 9.59 Å². The highest BCUT2D eigenvalue weighted by Gasteiger charge is 2.58. The van der Waals surface area contributed by atoms with Gasteiger partial charge in [0.05, 0.1) is 11.8 Å². The van der Waals surface area contributed by atoms with Crippen molar-refractivity contribution in [3.05, 3.63) is 42.2 Å². The van der Waals surface area contributed by atoms with E-state index < -0.39 is 0 Å². The monoisotopic (exact) mass is 381 g/mol. The SMILES string of the molecule is CCNC(=NCCc1cccnc1)NCCN1C(=O)C2C3C=CC(C3)C2C1=O. The van der Waals surface area contributed by atoms with Gasteiger partial charge in [-0.05, 0) is 43.2 Å². The number of pyridine rings is 1. The molecule has 1 aromatic rings. The number of nitrogens with zero attached hydrogens (tertiary/aromatic N) is 3. The summed E-state index contributed by atoms with van der Waals surface area (Å²) in [4.78, 5) is 35.6. The molecule has 4 unspecified atom stereocenters. The van der Waals surface area contributed by atoms with Crippen LogP contribution >= 0.6 is 0 Å².